The first-order valence-corrected chi connectivity index (χ1v) is 10.2. The van der Waals surface area contributed by atoms with Gasteiger partial charge in [-0.2, -0.15) is 0 Å². The molecule has 2 aromatic rings. The normalized spacial score (nSPS) is 20.7. The summed E-state index contributed by atoms with van der Waals surface area (Å²) in [5.41, 5.74) is 0.289. The summed E-state index contributed by atoms with van der Waals surface area (Å²) in [5.74, 6) is 0.204. The molecule has 2 N–H and O–H groups in total. The van der Waals surface area contributed by atoms with E-state index in [1.165, 1.54) is 6.20 Å². The average Bonchev–Trinajstić information content (AvgIpc) is 3.18. The molecule has 0 radical (unpaired) electrons. The van der Waals surface area contributed by atoms with Crippen LogP contribution in [0, 0.1) is 0 Å². The number of hydrogen-bond acceptors (Lipinski definition) is 6. The molecular weight excluding hydrogens is 356 g/mol. The van der Waals surface area contributed by atoms with E-state index in [0.29, 0.717) is 18.8 Å². The number of rotatable bonds is 6. The smallest absolute Gasteiger partial charge is 0.270 e. The summed E-state index contributed by atoms with van der Waals surface area (Å²) in [4.78, 5) is 24.8. The van der Waals surface area contributed by atoms with Gasteiger partial charge < -0.3 is 5.32 Å². The molecule has 140 valence electrons. The zero-order chi connectivity index (χ0) is 18.6. The summed E-state index contributed by atoms with van der Waals surface area (Å²) in [6.07, 6.45) is 9.27. The number of carbonyl (C=O) groups excluding carboxylic acids is 1. The van der Waals surface area contributed by atoms with Crippen molar-refractivity contribution in [3.8, 4) is 5.95 Å². The van der Waals surface area contributed by atoms with Crippen LogP contribution in [-0.2, 0) is 10.0 Å². The van der Waals surface area contributed by atoms with E-state index in [4.69, 9.17) is 0 Å². The summed E-state index contributed by atoms with van der Waals surface area (Å²) in [5, 5.41) is 2.97. The molecular formula is C16H22N6O3S. The minimum Gasteiger partial charge on any atom is -0.348 e. The minimum atomic E-state index is -3.19. The third-order valence-corrected chi connectivity index (χ3v) is 5.85. The molecule has 1 aliphatic carbocycles. The van der Waals surface area contributed by atoms with Crippen molar-refractivity contribution in [1.82, 2.24) is 29.6 Å². The Morgan fingerprint density at radius 1 is 1.23 bits per heavy atom. The van der Waals surface area contributed by atoms with Crippen molar-refractivity contribution in [3.63, 3.8) is 0 Å². The van der Waals surface area contributed by atoms with Crippen molar-refractivity contribution < 1.29 is 13.2 Å². The third-order valence-electron chi connectivity index (χ3n) is 4.40. The molecule has 0 unspecified atom stereocenters. The molecule has 9 nitrogen and oxygen atoms in total. The molecule has 0 saturated heterocycles. The number of nitrogens with one attached hydrogen (secondary N) is 2. The van der Waals surface area contributed by atoms with Crippen molar-refractivity contribution >= 4 is 15.9 Å². The summed E-state index contributed by atoms with van der Waals surface area (Å²) < 4.78 is 27.6. The van der Waals surface area contributed by atoms with Gasteiger partial charge in [-0.3, -0.25) is 9.36 Å². The van der Waals surface area contributed by atoms with Crippen LogP contribution in [0.4, 0.5) is 0 Å². The standard InChI is InChI=1S/C16H22N6O3S/c1-2-26(24,25)21-13-5-3-12(4-6-13)19-15(23)14-7-8-18-16(20-14)22-10-9-17-11-22/h7-13,21H,2-6H2,1H3,(H,19,23). The predicted octanol–water partition coefficient (Wildman–Crippen LogP) is 0.643. The van der Waals surface area contributed by atoms with Crippen LogP contribution in [0.1, 0.15) is 43.1 Å². The quantitative estimate of drug-likeness (QED) is 0.761. The Morgan fingerprint density at radius 3 is 2.62 bits per heavy atom. The second-order valence-electron chi connectivity index (χ2n) is 6.26. The van der Waals surface area contributed by atoms with Gasteiger partial charge in [0.15, 0.2) is 0 Å². The number of nitrogens with zero attached hydrogens (tertiary/aromatic N) is 4. The van der Waals surface area contributed by atoms with E-state index in [9.17, 15) is 13.2 Å². The van der Waals surface area contributed by atoms with Gasteiger partial charge in [-0.1, -0.05) is 0 Å². The Kier molecular flexibility index (Phi) is 5.62. The Labute approximate surface area is 152 Å². The maximum Gasteiger partial charge on any atom is 0.270 e. The molecule has 1 aliphatic rings. The lowest BCUT2D eigenvalue weighted by Crippen LogP contribution is -2.44. The van der Waals surface area contributed by atoms with Gasteiger partial charge in [0.2, 0.25) is 16.0 Å². The second-order valence-corrected chi connectivity index (χ2v) is 8.30. The molecule has 0 atom stereocenters. The van der Waals surface area contributed by atoms with E-state index in [1.807, 2.05) is 0 Å². The van der Waals surface area contributed by atoms with Crippen LogP contribution in [0.15, 0.2) is 31.0 Å². The Bertz CT molecular complexity index is 845. The summed E-state index contributed by atoms with van der Waals surface area (Å²) in [6, 6.07) is 1.52. The van der Waals surface area contributed by atoms with E-state index in [1.54, 1.807) is 36.3 Å². The van der Waals surface area contributed by atoms with Gasteiger partial charge in [0.25, 0.3) is 5.91 Å². The zero-order valence-corrected chi connectivity index (χ0v) is 15.3. The topological polar surface area (TPSA) is 119 Å². The third kappa shape index (κ3) is 4.64. The van der Waals surface area contributed by atoms with Crippen molar-refractivity contribution in [2.75, 3.05) is 5.75 Å². The largest absolute Gasteiger partial charge is 0.348 e. The summed E-state index contributed by atoms with van der Waals surface area (Å²) >= 11 is 0. The molecule has 0 bridgehead atoms. The first-order chi connectivity index (χ1) is 12.5. The molecule has 0 aromatic carbocycles. The highest BCUT2D eigenvalue weighted by atomic mass is 32.2. The number of carbonyl (C=O) groups is 1. The molecule has 1 amide bonds. The van der Waals surface area contributed by atoms with Gasteiger partial charge in [0, 0.05) is 30.7 Å². The Morgan fingerprint density at radius 2 is 1.96 bits per heavy atom. The highest BCUT2D eigenvalue weighted by Gasteiger charge is 2.25. The lowest BCUT2D eigenvalue weighted by Gasteiger charge is -2.29. The first-order valence-electron chi connectivity index (χ1n) is 8.59. The minimum absolute atomic E-state index is 0.0107. The summed E-state index contributed by atoms with van der Waals surface area (Å²) in [6.45, 7) is 1.62. The van der Waals surface area contributed by atoms with Gasteiger partial charge in [0.1, 0.15) is 12.0 Å². The lowest BCUT2D eigenvalue weighted by atomic mass is 9.92. The SMILES string of the molecule is CCS(=O)(=O)NC1CCC(NC(=O)c2ccnc(-n3ccnc3)n2)CC1. The first kappa shape index (κ1) is 18.5. The molecule has 1 fully saturated rings. The van der Waals surface area contributed by atoms with E-state index >= 15 is 0 Å². The van der Waals surface area contributed by atoms with Crippen molar-refractivity contribution in [3.05, 3.63) is 36.7 Å². The Balaban J connectivity index is 1.56. The van der Waals surface area contributed by atoms with Crippen LogP contribution in [-0.4, -0.2) is 51.7 Å². The fraction of sp³-hybridized carbons (Fsp3) is 0.500. The molecule has 10 heteroatoms. The molecule has 0 aliphatic heterocycles. The van der Waals surface area contributed by atoms with Crippen molar-refractivity contribution in [2.24, 2.45) is 0 Å². The maximum absolute atomic E-state index is 12.5. The number of imidazole rings is 1. The van der Waals surface area contributed by atoms with Crippen LogP contribution in [0.3, 0.4) is 0 Å². The van der Waals surface area contributed by atoms with E-state index < -0.39 is 10.0 Å². The molecule has 3 rings (SSSR count). The maximum atomic E-state index is 12.5. The van der Waals surface area contributed by atoms with Crippen LogP contribution in [0.2, 0.25) is 0 Å². The van der Waals surface area contributed by atoms with E-state index in [0.717, 1.165) is 12.8 Å². The van der Waals surface area contributed by atoms with Crippen LogP contribution in [0.25, 0.3) is 5.95 Å². The molecule has 1 saturated carbocycles. The fourth-order valence-electron chi connectivity index (χ4n) is 2.93. The number of sulfonamides is 1. The summed E-state index contributed by atoms with van der Waals surface area (Å²) in [7, 11) is -3.19. The highest BCUT2D eigenvalue weighted by Crippen LogP contribution is 2.19. The van der Waals surface area contributed by atoms with E-state index in [2.05, 4.69) is 25.0 Å². The van der Waals surface area contributed by atoms with Gasteiger partial charge in [-0.25, -0.2) is 28.1 Å². The van der Waals surface area contributed by atoms with E-state index in [-0.39, 0.29) is 29.4 Å². The Hall–Kier alpha value is -2.33. The molecule has 2 aromatic heterocycles. The molecule has 2 heterocycles. The van der Waals surface area contributed by atoms with Crippen LogP contribution < -0.4 is 10.0 Å². The van der Waals surface area contributed by atoms with Gasteiger partial charge in [-0.15, -0.1) is 0 Å². The average molecular weight is 378 g/mol. The molecule has 0 spiro atoms. The molecule has 26 heavy (non-hydrogen) atoms. The van der Waals surface area contributed by atoms with Crippen molar-refractivity contribution in [2.45, 2.75) is 44.7 Å². The highest BCUT2D eigenvalue weighted by molar-refractivity contribution is 7.89. The monoisotopic (exact) mass is 378 g/mol. The number of hydrogen-bond donors (Lipinski definition) is 2. The zero-order valence-electron chi connectivity index (χ0n) is 14.5. The van der Waals surface area contributed by atoms with Crippen LogP contribution >= 0.6 is 0 Å². The second kappa shape index (κ2) is 7.92. The number of amides is 1. The lowest BCUT2D eigenvalue weighted by molar-refractivity contribution is 0.0919. The van der Waals surface area contributed by atoms with Gasteiger partial charge >= 0.3 is 0 Å². The van der Waals surface area contributed by atoms with Crippen LogP contribution in [0.5, 0.6) is 0 Å². The fourth-order valence-corrected chi connectivity index (χ4v) is 3.84. The van der Waals surface area contributed by atoms with Gasteiger partial charge in [0.05, 0.1) is 5.75 Å². The number of aromatic nitrogens is 4. The van der Waals surface area contributed by atoms with Gasteiger partial charge in [-0.05, 0) is 38.7 Å². The van der Waals surface area contributed by atoms with Crippen molar-refractivity contribution in [1.29, 1.82) is 0 Å². The predicted molar refractivity (Wildman–Crippen MR) is 95.3 cm³/mol.